The summed E-state index contributed by atoms with van der Waals surface area (Å²) < 4.78 is 0. The van der Waals surface area contributed by atoms with Crippen LogP contribution in [0.4, 0.5) is 11.4 Å². The fourth-order valence-electron chi connectivity index (χ4n) is 4.40. The minimum Gasteiger partial charge on any atom is -0.399 e. The number of nitrogen functional groups attached to an aromatic ring is 2. The molecule has 0 spiro atoms. The van der Waals surface area contributed by atoms with Gasteiger partial charge in [0.25, 0.3) is 0 Å². The maximum Gasteiger partial charge on any atom is 0.0810 e. The molecule has 0 saturated carbocycles. The van der Waals surface area contributed by atoms with Gasteiger partial charge < -0.3 is 16.6 Å². The zero-order valence-electron chi connectivity index (χ0n) is 19.8. The van der Waals surface area contributed by atoms with E-state index in [0.29, 0.717) is 11.6 Å². The molecule has 5 N–H and O–H groups in total. The second kappa shape index (κ2) is 14.1. The summed E-state index contributed by atoms with van der Waals surface area (Å²) in [4.78, 5) is 0. The van der Waals surface area contributed by atoms with E-state index in [4.69, 9.17) is 11.5 Å². The number of hydrogen-bond donors (Lipinski definition) is 3. The number of rotatable bonds is 15. The van der Waals surface area contributed by atoms with Crippen molar-refractivity contribution in [3.63, 3.8) is 0 Å². The van der Waals surface area contributed by atoms with Crippen LogP contribution in [0.5, 0.6) is 0 Å². The maximum atomic E-state index is 10.8. The SMILES string of the molecule is CCCCCCCC(O)c1cc(C(CCCCCCC)c2ccc(N)cc2)ccc1N. The molecule has 0 bridgehead atoms. The molecule has 31 heavy (non-hydrogen) atoms. The van der Waals surface area contributed by atoms with Crippen LogP contribution >= 0.6 is 0 Å². The Balaban J connectivity index is 2.14. The van der Waals surface area contributed by atoms with E-state index >= 15 is 0 Å². The van der Waals surface area contributed by atoms with Gasteiger partial charge in [-0.1, -0.05) is 102 Å². The Hall–Kier alpha value is -2.00. The van der Waals surface area contributed by atoms with E-state index in [9.17, 15) is 5.11 Å². The Morgan fingerprint density at radius 1 is 0.677 bits per heavy atom. The molecular weight excluding hydrogens is 380 g/mol. The largest absolute Gasteiger partial charge is 0.399 e. The molecule has 0 aromatic heterocycles. The van der Waals surface area contributed by atoms with Gasteiger partial charge in [-0.05, 0) is 42.2 Å². The van der Waals surface area contributed by atoms with Gasteiger partial charge in [0, 0.05) is 22.9 Å². The van der Waals surface area contributed by atoms with Gasteiger partial charge in [0.15, 0.2) is 0 Å². The van der Waals surface area contributed by atoms with Gasteiger partial charge in [0.2, 0.25) is 0 Å². The fraction of sp³-hybridized carbons (Fsp3) is 0.571. The third-order valence-electron chi connectivity index (χ3n) is 6.39. The predicted molar refractivity (Wildman–Crippen MR) is 135 cm³/mol. The number of nitrogens with two attached hydrogens (primary N) is 2. The molecule has 172 valence electrons. The molecule has 0 aliphatic rings. The molecule has 2 rings (SSSR count). The standard InChI is InChI=1S/C28H44N2O/c1-3-5-7-9-11-13-25(22-15-18-24(29)19-16-22)23-17-20-27(30)26(21-23)28(31)14-12-10-8-6-4-2/h15-21,25,28,31H,3-14,29-30H2,1-2H3. The molecule has 2 atom stereocenters. The van der Waals surface area contributed by atoms with Crippen molar-refractivity contribution in [2.45, 2.75) is 103 Å². The van der Waals surface area contributed by atoms with Gasteiger partial charge in [-0.25, -0.2) is 0 Å². The van der Waals surface area contributed by atoms with Crippen molar-refractivity contribution in [3.05, 3.63) is 59.2 Å². The van der Waals surface area contributed by atoms with Crippen molar-refractivity contribution in [2.75, 3.05) is 11.5 Å². The van der Waals surface area contributed by atoms with Crippen LogP contribution in [0.25, 0.3) is 0 Å². The summed E-state index contributed by atoms with van der Waals surface area (Å²) in [5.41, 5.74) is 17.1. The quantitative estimate of drug-likeness (QED) is 0.202. The molecular formula is C28H44N2O. The van der Waals surface area contributed by atoms with E-state index in [2.05, 4.69) is 38.1 Å². The summed E-state index contributed by atoms with van der Waals surface area (Å²) in [6.07, 6.45) is 13.7. The highest BCUT2D eigenvalue weighted by atomic mass is 16.3. The lowest BCUT2D eigenvalue weighted by Crippen LogP contribution is -2.07. The lowest BCUT2D eigenvalue weighted by Gasteiger charge is -2.21. The van der Waals surface area contributed by atoms with Crippen LogP contribution in [0.1, 0.15) is 120 Å². The van der Waals surface area contributed by atoms with Crippen molar-refractivity contribution < 1.29 is 5.11 Å². The minimum atomic E-state index is -0.488. The van der Waals surface area contributed by atoms with Crippen LogP contribution in [0.3, 0.4) is 0 Å². The molecule has 3 nitrogen and oxygen atoms in total. The first-order valence-corrected chi connectivity index (χ1v) is 12.5. The van der Waals surface area contributed by atoms with Crippen LogP contribution in [0.2, 0.25) is 0 Å². The van der Waals surface area contributed by atoms with E-state index in [0.717, 1.165) is 30.5 Å². The van der Waals surface area contributed by atoms with Crippen molar-refractivity contribution in [1.82, 2.24) is 0 Å². The van der Waals surface area contributed by atoms with Crippen molar-refractivity contribution in [3.8, 4) is 0 Å². The molecule has 2 aromatic rings. The summed E-state index contributed by atoms with van der Waals surface area (Å²) in [6.45, 7) is 4.48. The summed E-state index contributed by atoms with van der Waals surface area (Å²) in [5, 5.41) is 10.8. The normalized spacial score (nSPS) is 13.3. The van der Waals surface area contributed by atoms with Gasteiger partial charge >= 0.3 is 0 Å². The van der Waals surface area contributed by atoms with E-state index in [1.54, 1.807) is 0 Å². The van der Waals surface area contributed by atoms with Gasteiger partial charge in [-0.2, -0.15) is 0 Å². The predicted octanol–water partition coefficient (Wildman–Crippen LogP) is 7.74. The second-order valence-electron chi connectivity index (χ2n) is 9.03. The van der Waals surface area contributed by atoms with Gasteiger partial charge in [-0.3, -0.25) is 0 Å². The molecule has 0 fully saturated rings. The highest BCUT2D eigenvalue weighted by Gasteiger charge is 2.18. The highest BCUT2D eigenvalue weighted by molar-refractivity contribution is 5.52. The van der Waals surface area contributed by atoms with Gasteiger partial charge in [-0.15, -0.1) is 0 Å². The number of benzene rings is 2. The van der Waals surface area contributed by atoms with Gasteiger partial charge in [0.05, 0.1) is 6.10 Å². The maximum absolute atomic E-state index is 10.8. The topological polar surface area (TPSA) is 72.3 Å². The summed E-state index contributed by atoms with van der Waals surface area (Å²) in [7, 11) is 0. The van der Waals surface area contributed by atoms with Crippen LogP contribution in [0.15, 0.2) is 42.5 Å². The Bertz CT molecular complexity index is 741. The molecule has 0 saturated heterocycles. The zero-order chi connectivity index (χ0) is 22.5. The third-order valence-corrected chi connectivity index (χ3v) is 6.39. The monoisotopic (exact) mass is 424 g/mol. The Labute approximate surface area is 190 Å². The number of anilines is 2. The zero-order valence-corrected chi connectivity index (χ0v) is 19.8. The minimum absolute atomic E-state index is 0.304. The lowest BCUT2D eigenvalue weighted by molar-refractivity contribution is 0.164. The van der Waals surface area contributed by atoms with Crippen LogP contribution in [0, 0.1) is 0 Å². The molecule has 0 aliphatic carbocycles. The van der Waals surface area contributed by atoms with Crippen LogP contribution in [-0.4, -0.2) is 5.11 Å². The summed E-state index contributed by atoms with van der Waals surface area (Å²) in [6, 6.07) is 14.5. The molecule has 0 heterocycles. The Morgan fingerprint density at radius 3 is 1.84 bits per heavy atom. The van der Waals surface area contributed by atoms with E-state index in [1.165, 1.54) is 68.9 Å². The Kier molecular flexibility index (Phi) is 11.5. The number of aliphatic hydroxyl groups is 1. The third kappa shape index (κ3) is 8.57. The molecule has 2 aromatic carbocycles. The van der Waals surface area contributed by atoms with E-state index in [-0.39, 0.29) is 0 Å². The van der Waals surface area contributed by atoms with E-state index < -0.39 is 6.10 Å². The van der Waals surface area contributed by atoms with E-state index in [1.807, 2.05) is 18.2 Å². The van der Waals surface area contributed by atoms with Crippen molar-refractivity contribution in [1.29, 1.82) is 0 Å². The number of unbranched alkanes of at least 4 members (excludes halogenated alkanes) is 8. The molecule has 3 heteroatoms. The first-order chi connectivity index (χ1) is 15.1. The van der Waals surface area contributed by atoms with Crippen molar-refractivity contribution in [2.24, 2.45) is 0 Å². The summed E-state index contributed by atoms with van der Waals surface area (Å²) in [5.74, 6) is 0.304. The lowest BCUT2D eigenvalue weighted by atomic mass is 9.85. The molecule has 0 radical (unpaired) electrons. The van der Waals surface area contributed by atoms with Crippen LogP contribution < -0.4 is 11.5 Å². The average molecular weight is 425 g/mol. The highest BCUT2D eigenvalue weighted by Crippen LogP contribution is 2.35. The smallest absolute Gasteiger partial charge is 0.0810 e. The number of aliphatic hydroxyl groups excluding tert-OH is 1. The molecule has 2 unspecified atom stereocenters. The van der Waals surface area contributed by atoms with Crippen LogP contribution in [-0.2, 0) is 0 Å². The molecule has 0 aliphatic heterocycles. The molecule has 0 amide bonds. The average Bonchev–Trinajstić information content (AvgIpc) is 2.77. The van der Waals surface area contributed by atoms with Gasteiger partial charge in [0.1, 0.15) is 0 Å². The van der Waals surface area contributed by atoms with Crippen molar-refractivity contribution >= 4 is 11.4 Å². The Morgan fingerprint density at radius 2 is 1.23 bits per heavy atom. The first kappa shape index (κ1) is 25.3. The summed E-state index contributed by atoms with van der Waals surface area (Å²) >= 11 is 0. The number of hydrogen-bond acceptors (Lipinski definition) is 3. The second-order valence-corrected chi connectivity index (χ2v) is 9.03. The first-order valence-electron chi connectivity index (χ1n) is 12.5. The fourth-order valence-corrected chi connectivity index (χ4v) is 4.40.